The maximum absolute atomic E-state index is 12.2. The van der Waals surface area contributed by atoms with Crippen LogP contribution in [0.3, 0.4) is 0 Å². The maximum atomic E-state index is 12.2. The second-order valence-electron chi connectivity index (χ2n) is 6.30. The molecule has 2 heterocycles. The average Bonchev–Trinajstić information content (AvgIpc) is 2.56. The Bertz CT molecular complexity index is 394. The van der Waals surface area contributed by atoms with Crippen molar-refractivity contribution in [1.29, 1.82) is 0 Å². The molecule has 2 saturated heterocycles. The molecule has 2 fully saturated rings. The Hall–Kier alpha value is -0.980. The van der Waals surface area contributed by atoms with Gasteiger partial charge in [-0.3, -0.25) is 9.59 Å². The normalized spacial score (nSPS) is 33.9. The molecule has 0 unspecified atom stereocenters. The van der Waals surface area contributed by atoms with Crippen molar-refractivity contribution in [3.8, 4) is 0 Å². The summed E-state index contributed by atoms with van der Waals surface area (Å²) in [6.07, 6.45) is -2.47. The molecule has 2 aliphatic rings. The second kappa shape index (κ2) is 4.54. The van der Waals surface area contributed by atoms with E-state index in [0.717, 1.165) is 0 Å². The fourth-order valence-corrected chi connectivity index (χ4v) is 1.89. The van der Waals surface area contributed by atoms with E-state index in [4.69, 9.17) is 18.9 Å². The number of rotatable bonds is 1. The standard InChI is InChI=1S/C13H20O6/c1-12(2,3)11(15)17-7-6-16-10-9(8(7)14)18-13(4,5)19-10/h7,9-10H,6H2,1-5H3/t7-,9+,10+/m0/s1. The van der Waals surface area contributed by atoms with Crippen LogP contribution < -0.4 is 0 Å². The smallest absolute Gasteiger partial charge is 0.312 e. The van der Waals surface area contributed by atoms with E-state index in [-0.39, 0.29) is 12.4 Å². The highest BCUT2D eigenvalue weighted by Crippen LogP contribution is 2.33. The van der Waals surface area contributed by atoms with E-state index in [9.17, 15) is 9.59 Å². The van der Waals surface area contributed by atoms with Gasteiger partial charge in [-0.15, -0.1) is 0 Å². The van der Waals surface area contributed by atoms with E-state index in [1.807, 2.05) is 0 Å². The molecule has 0 amide bonds. The third-order valence-corrected chi connectivity index (χ3v) is 2.93. The van der Waals surface area contributed by atoms with Gasteiger partial charge in [0.15, 0.2) is 24.3 Å². The molecule has 0 aromatic rings. The molecule has 108 valence electrons. The lowest BCUT2D eigenvalue weighted by Gasteiger charge is -2.29. The molecule has 2 aliphatic heterocycles. The highest BCUT2D eigenvalue weighted by Gasteiger charge is 2.52. The number of ketones is 1. The molecule has 3 atom stereocenters. The molecule has 19 heavy (non-hydrogen) atoms. The van der Waals surface area contributed by atoms with E-state index >= 15 is 0 Å². The second-order valence-corrected chi connectivity index (χ2v) is 6.30. The van der Waals surface area contributed by atoms with E-state index < -0.39 is 35.7 Å². The lowest BCUT2D eigenvalue weighted by atomic mass is 9.97. The van der Waals surface area contributed by atoms with Gasteiger partial charge in [0.25, 0.3) is 0 Å². The molecule has 0 aliphatic carbocycles. The van der Waals surface area contributed by atoms with Crippen LogP contribution in [0.1, 0.15) is 34.6 Å². The number of ether oxygens (including phenoxy) is 4. The van der Waals surface area contributed by atoms with Crippen molar-refractivity contribution in [2.75, 3.05) is 6.61 Å². The van der Waals surface area contributed by atoms with Crippen molar-refractivity contribution in [1.82, 2.24) is 0 Å². The van der Waals surface area contributed by atoms with Crippen LogP contribution in [0.2, 0.25) is 0 Å². The van der Waals surface area contributed by atoms with Crippen LogP contribution >= 0.6 is 0 Å². The highest BCUT2D eigenvalue weighted by atomic mass is 16.8. The Morgan fingerprint density at radius 2 is 1.95 bits per heavy atom. The van der Waals surface area contributed by atoms with Gasteiger partial charge in [0.2, 0.25) is 5.78 Å². The number of carbonyl (C=O) groups excluding carboxylic acids is 2. The van der Waals surface area contributed by atoms with E-state index in [2.05, 4.69) is 0 Å². The van der Waals surface area contributed by atoms with Crippen LogP contribution in [0, 0.1) is 5.41 Å². The summed E-state index contributed by atoms with van der Waals surface area (Å²) < 4.78 is 21.5. The topological polar surface area (TPSA) is 71.1 Å². The number of fused-ring (bicyclic) bond motifs is 1. The molecule has 0 N–H and O–H groups in total. The number of hydrogen-bond donors (Lipinski definition) is 0. The van der Waals surface area contributed by atoms with Gasteiger partial charge in [0.1, 0.15) is 0 Å². The van der Waals surface area contributed by atoms with Crippen molar-refractivity contribution in [2.24, 2.45) is 5.41 Å². The third-order valence-electron chi connectivity index (χ3n) is 2.93. The molecule has 6 heteroatoms. The molecule has 0 radical (unpaired) electrons. The minimum absolute atomic E-state index is 0.00125. The van der Waals surface area contributed by atoms with Crippen molar-refractivity contribution in [2.45, 2.75) is 58.9 Å². The molecule has 0 aromatic heterocycles. The zero-order valence-electron chi connectivity index (χ0n) is 11.9. The lowest BCUT2D eigenvalue weighted by molar-refractivity contribution is -0.207. The molecule has 0 spiro atoms. The fourth-order valence-electron chi connectivity index (χ4n) is 1.89. The van der Waals surface area contributed by atoms with Crippen molar-refractivity contribution in [3.63, 3.8) is 0 Å². The van der Waals surface area contributed by atoms with Gasteiger partial charge in [-0.1, -0.05) is 0 Å². The molecular formula is C13H20O6. The Morgan fingerprint density at radius 1 is 1.32 bits per heavy atom. The van der Waals surface area contributed by atoms with Crippen molar-refractivity contribution < 1.29 is 28.5 Å². The van der Waals surface area contributed by atoms with Gasteiger partial charge >= 0.3 is 5.97 Å². The summed E-state index contributed by atoms with van der Waals surface area (Å²) >= 11 is 0. The monoisotopic (exact) mass is 272 g/mol. The van der Waals surface area contributed by atoms with Crippen LogP contribution in [0.5, 0.6) is 0 Å². The zero-order valence-corrected chi connectivity index (χ0v) is 11.9. The summed E-state index contributed by atoms with van der Waals surface area (Å²) in [5, 5.41) is 0. The molecular weight excluding hydrogens is 252 g/mol. The van der Waals surface area contributed by atoms with Gasteiger partial charge in [-0.2, -0.15) is 0 Å². The first-order valence-electron chi connectivity index (χ1n) is 6.32. The van der Waals surface area contributed by atoms with Gasteiger partial charge in [0, 0.05) is 0 Å². The number of hydrogen-bond acceptors (Lipinski definition) is 6. The zero-order chi connectivity index (χ0) is 14.4. The molecule has 0 bridgehead atoms. The molecule has 6 nitrogen and oxygen atoms in total. The number of Topliss-reactive ketones (excluding diaryl/α,β-unsaturated/α-hetero) is 1. The molecule has 0 aromatic carbocycles. The molecule has 0 saturated carbocycles. The summed E-state index contributed by atoms with van der Waals surface area (Å²) in [7, 11) is 0. The number of carbonyl (C=O) groups is 2. The Kier molecular flexibility index (Phi) is 3.45. The minimum Gasteiger partial charge on any atom is -0.451 e. The summed E-state index contributed by atoms with van der Waals surface area (Å²) in [6, 6.07) is 0. The van der Waals surface area contributed by atoms with Gasteiger partial charge in [-0.05, 0) is 34.6 Å². The minimum atomic E-state index is -0.925. The first-order valence-corrected chi connectivity index (χ1v) is 6.32. The first-order chi connectivity index (χ1) is 8.60. The van der Waals surface area contributed by atoms with Crippen molar-refractivity contribution in [3.05, 3.63) is 0 Å². The average molecular weight is 272 g/mol. The first kappa shape index (κ1) is 14.4. The highest BCUT2D eigenvalue weighted by molar-refractivity contribution is 5.91. The predicted octanol–water partition coefficient (Wildman–Crippen LogP) is 1.02. The van der Waals surface area contributed by atoms with Crippen LogP contribution in [0.15, 0.2) is 0 Å². The van der Waals surface area contributed by atoms with Crippen molar-refractivity contribution >= 4 is 11.8 Å². The summed E-state index contributed by atoms with van der Waals surface area (Å²) in [5.41, 5.74) is -0.663. The molecule has 2 rings (SSSR count). The van der Waals surface area contributed by atoms with Crippen LogP contribution in [0.25, 0.3) is 0 Å². The van der Waals surface area contributed by atoms with Gasteiger partial charge in [-0.25, -0.2) is 0 Å². The van der Waals surface area contributed by atoms with Crippen LogP contribution in [0.4, 0.5) is 0 Å². The Morgan fingerprint density at radius 3 is 2.53 bits per heavy atom. The van der Waals surface area contributed by atoms with Crippen LogP contribution in [-0.4, -0.2) is 42.6 Å². The van der Waals surface area contributed by atoms with Crippen LogP contribution in [-0.2, 0) is 28.5 Å². The lowest BCUT2D eigenvalue weighted by Crippen LogP contribution is -2.50. The van der Waals surface area contributed by atoms with Gasteiger partial charge in [0.05, 0.1) is 12.0 Å². The van der Waals surface area contributed by atoms with E-state index in [1.54, 1.807) is 34.6 Å². The van der Waals surface area contributed by atoms with E-state index in [1.165, 1.54) is 0 Å². The SMILES string of the molecule is CC1(C)O[C@H]2OC[C@H](OC(=O)C(C)(C)C)C(=O)[C@H]2O1. The number of esters is 1. The fraction of sp³-hybridized carbons (Fsp3) is 0.846. The summed E-state index contributed by atoms with van der Waals surface area (Å²) in [4.78, 5) is 24.0. The summed E-state index contributed by atoms with van der Waals surface area (Å²) in [5.74, 6) is -1.61. The Balaban J connectivity index is 2.03. The quantitative estimate of drug-likeness (QED) is 0.664. The Labute approximate surface area is 112 Å². The largest absolute Gasteiger partial charge is 0.451 e. The van der Waals surface area contributed by atoms with E-state index in [0.29, 0.717) is 0 Å². The third kappa shape index (κ3) is 2.96. The predicted molar refractivity (Wildman–Crippen MR) is 64.1 cm³/mol. The maximum Gasteiger partial charge on any atom is 0.312 e. The summed E-state index contributed by atoms with van der Waals surface area (Å²) in [6.45, 7) is 8.59. The van der Waals surface area contributed by atoms with Gasteiger partial charge < -0.3 is 18.9 Å².